The highest BCUT2D eigenvalue weighted by atomic mass is 32.1. The van der Waals surface area contributed by atoms with Gasteiger partial charge >= 0.3 is 0 Å². The van der Waals surface area contributed by atoms with Crippen LogP contribution in [0.4, 0.5) is 0 Å². The molecule has 1 aromatic carbocycles. The lowest BCUT2D eigenvalue weighted by Gasteiger charge is -2.15. The van der Waals surface area contributed by atoms with E-state index >= 15 is 0 Å². The minimum atomic E-state index is -0.0635. The topological polar surface area (TPSA) is 32.3 Å². The first-order valence-corrected chi connectivity index (χ1v) is 7.94. The third-order valence-corrected chi connectivity index (χ3v) is 5.40. The third-order valence-electron chi connectivity index (χ3n) is 4.10. The molecule has 2 nitrogen and oxygen atoms in total. The zero-order chi connectivity index (χ0) is 13.2. The van der Waals surface area contributed by atoms with Gasteiger partial charge in [-0.1, -0.05) is 18.2 Å². The largest absolute Gasteiger partial charge is 0.393 e. The molecule has 1 aliphatic rings. The molecule has 3 rings (SSSR count). The lowest BCUT2D eigenvalue weighted by atomic mass is 10.1. The molecule has 2 N–H and O–H groups in total. The summed E-state index contributed by atoms with van der Waals surface area (Å²) in [5.41, 5.74) is 0. The van der Waals surface area contributed by atoms with Crippen LogP contribution in [0, 0.1) is 5.92 Å². The smallest absolute Gasteiger partial charge is 0.0543 e. The Morgan fingerprint density at radius 2 is 2.21 bits per heavy atom. The van der Waals surface area contributed by atoms with Gasteiger partial charge in [0.05, 0.1) is 6.10 Å². The minimum absolute atomic E-state index is 0.0635. The second kappa shape index (κ2) is 5.61. The van der Waals surface area contributed by atoms with Crippen molar-refractivity contribution in [2.24, 2.45) is 5.92 Å². The lowest BCUT2D eigenvalue weighted by molar-refractivity contribution is 0.177. The molecule has 1 saturated carbocycles. The van der Waals surface area contributed by atoms with Crippen molar-refractivity contribution >= 4 is 21.4 Å². The molecule has 0 saturated heterocycles. The summed E-state index contributed by atoms with van der Waals surface area (Å²) in [5, 5.41) is 14.5. The first kappa shape index (κ1) is 13.1. The molecule has 19 heavy (non-hydrogen) atoms. The average Bonchev–Trinajstić information content (AvgIpc) is 3.01. The molecule has 2 aromatic rings. The normalized spacial score (nSPS) is 24.9. The van der Waals surface area contributed by atoms with Crippen molar-refractivity contribution in [3.8, 4) is 0 Å². The van der Waals surface area contributed by atoms with E-state index in [1.54, 1.807) is 0 Å². The van der Waals surface area contributed by atoms with Crippen LogP contribution in [-0.2, 0) is 0 Å². The van der Waals surface area contributed by atoms with E-state index in [-0.39, 0.29) is 6.10 Å². The molecule has 0 bridgehead atoms. The van der Waals surface area contributed by atoms with Crippen LogP contribution in [-0.4, -0.2) is 17.8 Å². The molecule has 3 heteroatoms. The fraction of sp³-hybridized carbons (Fsp3) is 0.500. The van der Waals surface area contributed by atoms with Crippen LogP contribution in [0.25, 0.3) is 10.1 Å². The predicted molar refractivity (Wildman–Crippen MR) is 81.6 cm³/mol. The van der Waals surface area contributed by atoms with Gasteiger partial charge in [-0.2, -0.15) is 0 Å². The number of nitrogens with one attached hydrogen (secondary N) is 1. The van der Waals surface area contributed by atoms with Crippen LogP contribution in [0.3, 0.4) is 0 Å². The van der Waals surface area contributed by atoms with Crippen LogP contribution >= 0.6 is 11.3 Å². The summed E-state index contributed by atoms with van der Waals surface area (Å²) >= 11 is 1.88. The Labute approximate surface area is 118 Å². The van der Waals surface area contributed by atoms with E-state index in [9.17, 15) is 5.11 Å². The van der Waals surface area contributed by atoms with Gasteiger partial charge in [-0.25, -0.2) is 0 Å². The number of rotatable bonds is 4. The zero-order valence-corrected chi connectivity index (χ0v) is 12.1. The Kier molecular flexibility index (Phi) is 3.87. The van der Waals surface area contributed by atoms with Crippen molar-refractivity contribution in [2.45, 2.75) is 38.3 Å². The fourth-order valence-corrected chi connectivity index (χ4v) is 3.99. The lowest BCUT2D eigenvalue weighted by Crippen LogP contribution is -2.24. The van der Waals surface area contributed by atoms with Gasteiger partial charge in [-0.15, -0.1) is 11.3 Å². The number of benzene rings is 1. The van der Waals surface area contributed by atoms with E-state index in [0.717, 1.165) is 25.8 Å². The molecule has 1 fully saturated rings. The molecule has 3 unspecified atom stereocenters. The number of thiophene rings is 1. The Bertz CT molecular complexity index is 517. The molecule has 0 spiro atoms. The van der Waals surface area contributed by atoms with Gasteiger partial charge in [0, 0.05) is 15.6 Å². The quantitative estimate of drug-likeness (QED) is 0.891. The van der Waals surface area contributed by atoms with Gasteiger partial charge in [0.2, 0.25) is 0 Å². The summed E-state index contributed by atoms with van der Waals surface area (Å²) in [6, 6.07) is 11.2. The molecule has 0 aliphatic heterocycles. The summed E-state index contributed by atoms with van der Waals surface area (Å²) in [4.78, 5) is 1.40. The van der Waals surface area contributed by atoms with Crippen LogP contribution in [0.1, 0.15) is 37.1 Å². The van der Waals surface area contributed by atoms with E-state index < -0.39 is 0 Å². The van der Waals surface area contributed by atoms with Crippen molar-refractivity contribution in [3.63, 3.8) is 0 Å². The highest BCUT2D eigenvalue weighted by Gasteiger charge is 2.23. The van der Waals surface area contributed by atoms with E-state index in [2.05, 4.69) is 42.6 Å². The van der Waals surface area contributed by atoms with E-state index in [1.807, 2.05) is 11.3 Å². The number of hydrogen-bond donors (Lipinski definition) is 2. The number of aliphatic hydroxyl groups excluding tert-OH is 1. The predicted octanol–water partition coefficient (Wildman–Crippen LogP) is 3.71. The SMILES string of the molecule is CC(NCC1CCC(O)C1)c1cc2ccccc2s1. The average molecular weight is 275 g/mol. The maximum atomic E-state index is 9.55. The molecule has 102 valence electrons. The Hall–Kier alpha value is -0.900. The maximum absolute atomic E-state index is 9.55. The second-order valence-corrected chi connectivity index (χ2v) is 6.76. The van der Waals surface area contributed by atoms with Crippen molar-refractivity contribution < 1.29 is 5.11 Å². The van der Waals surface area contributed by atoms with Gasteiger partial charge in [-0.05, 0) is 56.2 Å². The summed E-state index contributed by atoms with van der Waals surface area (Å²) in [7, 11) is 0. The second-order valence-electron chi connectivity index (χ2n) is 5.65. The van der Waals surface area contributed by atoms with Gasteiger partial charge in [0.1, 0.15) is 0 Å². The van der Waals surface area contributed by atoms with Crippen LogP contribution in [0.5, 0.6) is 0 Å². The molecule has 3 atom stereocenters. The Morgan fingerprint density at radius 3 is 2.95 bits per heavy atom. The number of fused-ring (bicyclic) bond motifs is 1. The van der Waals surface area contributed by atoms with Crippen LogP contribution < -0.4 is 5.32 Å². The molecular formula is C16H21NOS. The maximum Gasteiger partial charge on any atom is 0.0543 e. The van der Waals surface area contributed by atoms with E-state index in [4.69, 9.17) is 0 Å². The van der Waals surface area contributed by atoms with Crippen molar-refractivity contribution in [1.29, 1.82) is 0 Å². The minimum Gasteiger partial charge on any atom is -0.393 e. The van der Waals surface area contributed by atoms with Crippen molar-refractivity contribution in [3.05, 3.63) is 35.2 Å². The molecular weight excluding hydrogens is 254 g/mol. The molecule has 1 aromatic heterocycles. The summed E-state index contributed by atoms with van der Waals surface area (Å²) < 4.78 is 1.36. The van der Waals surface area contributed by atoms with Crippen LogP contribution in [0.15, 0.2) is 30.3 Å². The van der Waals surface area contributed by atoms with E-state index in [0.29, 0.717) is 12.0 Å². The molecule has 0 radical (unpaired) electrons. The summed E-state index contributed by atoms with van der Waals surface area (Å²) in [6.07, 6.45) is 3.04. The van der Waals surface area contributed by atoms with Crippen molar-refractivity contribution in [1.82, 2.24) is 5.32 Å². The van der Waals surface area contributed by atoms with E-state index in [1.165, 1.54) is 15.0 Å². The van der Waals surface area contributed by atoms with Gasteiger partial charge in [0.25, 0.3) is 0 Å². The highest BCUT2D eigenvalue weighted by molar-refractivity contribution is 7.19. The Balaban J connectivity index is 1.61. The summed E-state index contributed by atoms with van der Waals surface area (Å²) in [5.74, 6) is 0.645. The number of aliphatic hydroxyl groups is 1. The van der Waals surface area contributed by atoms with Crippen LogP contribution in [0.2, 0.25) is 0 Å². The molecule has 0 amide bonds. The first-order chi connectivity index (χ1) is 9.22. The van der Waals surface area contributed by atoms with Crippen molar-refractivity contribution in [2.75, 3.05) is 6.54 Å². The zero-order valence-electron chi connectivity index (χ0n) is 11.3. The standard InChI is InChI=1S/C16H21NOS/c1-11(17-10-12-6-7-14(18)8-12)16-9-13-4-2-3-5-15(13)19-16/h2-5,9,11-12,14,17-18H,6-8,10H2,1H3. The monoisotopic (exact) mass is 275 g/mol. The number of hydrogen-bond acceptors (Lipinski definition) is 3. The van der Waals surface area contributed by atoms with Gasteiger partial charge < -0.3 is 10.4 Å². The third kappa shape index (κ3) is 2.99. The Morgan fingerprint density at radius 1 is 1.37 bits per heavy atom. The first-order valence-electron chi connectivity index (χ1n) is 7.12. The summed E-state index contributed by atoms with van der Waals surface area (Å²) in [6.45, 7) is 3.25. The molecule has 1 heterocycles. The highest BCUT2D eigenvalue weighted by Crippen LogP contribution is 2.30. The van der Waals surface area contributed by atoms with Gasteiger partial charge in [-0.3, -0.25) is 0 Å². The van der Waals surface area contributed by atoms with Gasteiger partial charge in [0.15, 0.2) is 0 Å². The fourth-order valence-electron chi connectivity index (χ4n) is 2.89. The molecule has 1 aliphatic carbocycles.